The molecule has 1 aliphatic rings. The second-order valence-corrected chi connectivity index (χ2v) is 6.71. The van der Waals surface area contributed by atoms with E-state index in [0.717, 1.165) is 24.6 Å². The maximum Gasteiger partial charge on any atom is 0.306 e. The van der Waals surface area contributed by atoms with Gasteiger partial charge in [-0.2, -0.15) is 0 Å². The molecule has 0 aromatic heterocycles. The van der Waals surface area contributed by atoms with Crippen LogP contribution in [-0.4, -0.2) is 21.1 Å². The van der Waals surface area contributed by atoms with Crippen LogP contribution in [-0.2, 0) is 4.79 Å². The second kappa shape index (κ2) is 6.13. The molecule has 0 spiro atoms. The predicted octanol–water partition coefficient (Wildman–Crippen LogP) is 2.71. The first-order valence-corrected chi connectivity index (χ1v) is 6.20. The standard InChI is InChI=1S/C6H10O2.C5H11NOS/c1-2-4-3-5(4)6(7)8;1-5(2,3)8-4(6)7/h4-5H,2-3H2,1H3,(H,7,8);1-3H3,(H2,6,7). The Bertz CT molecular complexity index is 260. The average molecular weight is 247 g/mol. The molecule has 1 fully saturated rings. The summed E-state index contributed by atoms with van der Waals surface area (Å²) >= 11 is 1.15. The first-order valence-electron chi connectivity index (χ1n) is 5.38. The zero-order valence-corrected chi connectivity index (χ0v) is 11.1. The van der Waals surface area contributed by atoms with Gasteiger partial charge in [0.1, 0.15) is 0 Å². The molecule has 0 heterocycles. The van der Waals surface area contributed by atoms with Crippen LogP contribution in [0, 0.1) is 11.8 Å². The van der Waals surface area contributed by atoms with Crippen LogP contribution in [0.25, 0.3) is 0 Å². The Balaban J connectivity index is 0.000000281. The minimum Gasteiger partial charge on any atom is -0.481 e. The van der Waals surface area contributed by atoms with Gasteiger partial charge in [0.15, 0.2) is 0 Å². The van der Waals surface area contributed by atoms with E-state index in [2.05, 4.69) is 0 Å². The highest BCUT2D eigenvalue weighted by atomic mass is 32.2. The summed E-state index contributed by atoms with van der Waals surface area (Å²) in [6.07, 6.45) is 1.93. The molecule has 1 amide bonds. The van der Waals surface area contributed by atoms with Crippen molar-refractivity contribution in [2.75, 3.05) is 0 Å². The summed E-state index contributed by atoms with van der Waals surface area (Å²) in [5, 5.41) is 8.05. The first kappa shape index (κ1) is 15.3. The number of primary amides is 1. The molecular formula is C11H21NO3S. The molecule has 5 heteroatoms. The summed E-state index contributed by atoms with van der Waals surface area (Å²) in [6.45, 7) is 7.88. The average Bonchev–Trinajstić information content (AvgIpc) is 2.77. The number of amides is 1. The number of carboxylic acids is 1. The third-order valence-electron chi connectivity index (χ3n) is 2.17. The number of rotatable bonds is 2. The van der Waals surface area contributed by atoms with Crippen LogP contribution in [0.1, 0.15) is 40.5 Å². The van der Waals surface area contributed by atoms with Crippen molar-refractivity contribution in [3.63, 3.8) is 0 Å². The molecule has 94 valence electrons. The van der Waals surface area contributed by atoms with Crippen molar-refractivity contribution in [3.8, 4) is 0 Å². The van der Waals surface area contributed by atoms with Gasteiger partial charge in [0.2, 0.25) is 0 Å². The quantitative estimate of drug-likeness (QED) is 0.786. The topological polar surface area (TPSA) is 80.4 Å². The molecule has 0 aliphatic heterocycles. The van der Waals surface area contributed by atoms with Gasteiger partial charge in [-0.25, -0.2) is 0 Å². The van der Waals surface area contributed by atoms with Gasteiger partial charge in [-0.15, -0.1) is 0 Å². The second-order valence-electron chi connectivity index (χ2n) is 4.88. The fourth-order valence-corrected chi connectivity index (χ4v) is 1.91. The van der Waals surface area contributed by atoms with Gasteiger partial charge < -0.3 is 10.8 Å². The lowest BCUT2D eigenvalue weighted by Gasteiger charge is -2.13. The molecule has 1 rings (SSSR count). The van der Waals surface area contributed by atoms with E-state index in [-0.39, 0.29) is 15.9 Å². The largest absolute Gasteiger partial charge is 0.481 e. The number of thioether (sulfide) groups is 1. The fraction of sp³-hybridized carbons (Fsp3) is 0.818. The van der Waals surface area contributed by atoms with Crippen LogP contribution in [0.15, 0.2) is 0 Å². The molecule has 2 atom stereocenters. The summed E-state index contributed by atoms with van der Waals surface area (Å²) in [6, 6.07) is 0. The number of hydrogen-bond acceptors (Lipinski definition) is 3. The Morgan fingerprint density at radius 3 is 2.00 bits per heavy atom. The monoisotopic (exact) mass is 247 g/mol. The van der Waals surface area contributed by atoms with E-state index in [1.807, 2.05) is 27.7 Å². The molecule has 0 aromatic rings. The summed E-state index contributed by atoms with van der Waals surface area (Å²) in [4.78, 5) is 20.3. The lowest BCUT2D eigenvalue weighted by atomic mass is 10.3. The van der Waals surface area contributed by atoms with Gasteiger partial charge in [-0.05, 0) is 12.3 Å². The maximum absolute atomic E-state index is 10.2. The summed E-state index contributed by atoms with van der Waals surface area (Å²) in [5.41, 5.74) is 4.90. The Labute approximate surface area is 101 Å². The van der Waals surface area contributed by atoms with E-state index in [9.17, 15) is 9.59 Å². The third-order valence-corrected chi connectivity index (χ3v) is 2.98. The number of carboxylic acid groups (broad SMARTS) is 1. The molecule has 0 radical (unpaired) electrons. The van der Waals surface area contributed by atoms with Crippen LogP contribution in [0.5, 0.6) is 0 Å². The van der Waals surface area contributed by atoms with Crippen molar-refractivity contribution in [2.45, 2.75) is 45.3 Å². The fourth-order valence-electron chi connectivity index (χ4n) is 1.30. The minimum absolute atomic E-state index is 0.000000000000000222. The normalized spacial score (nSPS) is 23.0. The van der Waals surface area contributed by atoms with E-state index >= 15 is 0 Å². The lowest BCUT2D eigenvalue weighted by Crippen LogP contribution is -2.15. The molecule has 16 heavy (non-hydrogen) atoms. The van der Waals surface area contributed by atoms with Crippen molar-refractivity contribution in [1.82, 2.24) is 0 Å². The summed E-state index contributed by atoms with van der Waals surface area (Å²) < 4.78 is -0.0359. The van der Waals surface area contributed by atoms with Crippen LogP contribution >= 0.6 is 11.8 Å². The highest BCUT2D eigenvalue weighted by Crippen LogP contribution is 2.40. The number of carbonyl (C=O) groups excluding carboxylic acids is 1. The number of nitrogens with two attached hydrogens (primary N) is 1. The molecule has 2 unspecified atom stereocenters. The first-order chi connectivity index (χ1) is 7.17. The Morgan fingerprint density at radius 1 is 1.44 bits per heavy atom. The molecule has 0 aromatic carbocycles. The maximum atomic E-state index is 10.2. The molecule has 4 nitrogen and oxygen atoms in total. The van der Waals surface area contributed by atoms with Crippen molar-refractivity contribution in [2.24, 2.45) is 17.6 Å². The zero-order chi connectivity index (χ0) is 12.9. The predicted molar refractivity (Wildman–Crippen MR) is 66.5 cm³/mol. The smallest absolute Gasteiger partial charge is 0.306 e. The van der Waals surface area contributed by atoms with Gasteiger partial charge in [0, 0.05) is 4.75 Å². The van der Waals surface area contributed by atoms with Crippen LogP contribution in [0.3, 0.4) is 0 Å². The van der Waals surface area contributed by atoms with Crippen molar-refractivity contribution >= 4 is 23.0 Å². The highest BCUT2D eigenvalue weighted by molar-refractivity contribution is 8.14. The summed E-state index contributed by atoms with van der Waals surface area (Å²) in [7, 11) is 0. The van der Waals surface area contributed by atoms with Crippen molar-refractivity contribution in [1.29, 1.82) is 0 Å². The molecule has 3 N–H and O–H groups in total. The SMILES string of the molecule is CC(C)(C)SC(N)=O.CCC1CC1C(=O)O. The van der Waals surface area contributed by atoms with Gasteiger partial charge in [0.25, 0.3) is 5.24 Å². The molecular weight excluding hydrogens is 226 g/mol. The molecule has 1 aliphatic carbocycles. The van der Waals surface area contributed by atoms with Gasteiger partial charge in [-0.1, -0.05) is 45.9 Å². The van der Waals surface area contributed by atoms with Gasteiger partial charge in [0.05, 0.1) is 5.92 Å². The van der Waals surface area contributed by atoms with E-state index in [0.29, 0.717) is 5.92 Å². The van der Waals surface area contributed by atoms with Crippen molar-refractivity contribution < 1.29 is 14.7 Å². The number of carbonyl (C=O) groups is 2. The van der Waals surface area contributed by atoms with Crippen molar-refractivity contribution in [3.05, 3.63) is 0 Å². The Kier molecular flexibility index (Phi) is 5.86. The van der Waals surface area contributed by atoms with Gasteiger partial charge in [-0.3, -0.25) is 9.59 Å². The number of aliphatic carboxylic acids is 1. The third kappa shape index (κ3) is 7.56. The summed E-state index contributed by atoms with van der Waals surface area (Å²) in [5.74, 6) is -0.121. The van der Waals surface area contributed by atoms with Crippen LogP contribution in [0.2, 0.25) is 0 Å². The molecule has 0 bridgehead atoms. The van der Waals surface area contributed by atoms with Crippen LogP contribution < -0.4 is 5.73 Å². The van der Waals surface area contributed by atoms with Gasteiger partial charge >= 0.3 is 5.97 Å². The highest BCUT2D eigenvalue weighted by Gasteiger charge is 2.41. The zero-order valence-electron chi connectivity index (χ0n) is 10.3. The number of hydrogen-bond donors (Lipinski definition) is 2. The molecule has 1 saturated carbocycles. The Morgan fingerprint density at radius 2 is 1.94 bits per heavy atom. The van der Waals surface area contributed by atoms with E-state index in [1.165, 1.54) is 0 Å². The van der Waals surface area contributed by atoms with Crippen LogP contribution in [0.4, 0.5) is 4.79 Å². The molecule has 0 saturated heterocycles. The van der Waals surface area contributed by atoms with E-state index < -0.39 is 5.97 Å². The van der Waals surface area contributed by atoms with E-state index in [1.54, 1.807) is 0 Å². The van der Waals surface area contributed by atoms with E-state index in [4.69, 9.17) is 10.8 Å². The Hall–Kier alpha value is -0.710. The lowest BCUT2D eigenvalue weighted by molar-refractivity contribution is -0.138. The minimum atomic E-state index is -0.614.